The zero-order valence-corrected chi connectivity index (χ0v) is 20.8. The summed E-state index contributed by atoms with van der Waals surface area (Å²) in [5.74, 6) is -3.00. The van der Waals surface area contributed by atoms with E-state index in [4.69, 9.17) is 9.47 Å². The Bertz CT molecular complexity index is 935. The van der Waals surface area contributed by atoms with Crippen LogP contribution in [0.15, 0.2) is 60.7 Å². The van der Waals surface area contributed by atoms with E-state index in [1.807, 2.05) is 67.6 Å². The molecule has 0 radical (unpaired) electrons. The molecular formula is C26H36N4O5. The molecule has 0 heterocycles. The van der Waals surface area contributed by atoms with Crippen molar-refractivity contribution in [2.45, 2.75) is 44.7 Å². The summed E-state index contributed by atoms with van der Waals surface area (Å²) >= 11 is 0. The first kappa shape index (κ1) is 28.0. The fraction of sp³-hybridized carbons (Fsp3) is 0.423. The van der Waals surface area contributed by atoms with E-state index in [0.29, 0.717) is 13.0 Å². The fourth-order valence-electron chi connectivity index (χ4n) is 3.50. The van der Waals surface area contributed by atoms with Gasteiger partial charge in [0.2, 0.25) is 11.8 Å². The topological polar surface area (TPSA) is 118 Å². The van der Waals surface area contributed by atoms with Crippen LogP contribution in [0.4, 0.5) is 0 Å². The molecule has 0 aliphatic carbocycles. The molecule has 0 bridgehead atoms. The Balaban J connectivity index is 1.93. The highest BCUT2D eigenvalue weighted by atomic mass is 16.7. The van der Waals surface area contributed by atoms with Gasteiger partial charge in [-0.2, -0.15) is 0 Å². The molecule has 2 unspecified atom stereocenters. The number of carbonyl (C=O) groups is 3. The predicted molar refractivity (Wildman–Crippen MR) is 133 cm³/mol. The molecular weight excluding hydrogens is 448 g/mol. The second-order valence-corrected chi connectivity index (χ2v) is 8.08. The summed E-state index contributed by atoms with van der Waals surface area (Å²) in [7, 11) is 2.65. The zero-order chi connectivity index (χ0) is 25.7. The molecule has 0 spiro atoms. The largest absolute Gasteiger partial charge is 0.348 e. The average molecular weight is 485 g/mol. The SMILES string of the molecule is CCNC(Cc1ccccc1)C(=O)NC(C)C(=O)NCC(OC)(OC)C(=O)NCc1ccccc1. The van der Waals surface area contributed by atoms with E-state index in [2.05, 4.69) is 21.3 Å². The van der Waals surface area contributed by atoms with Gasteiger partial charge in [-0.15, -0.1) is 0 Å². The first-order chi connectivity index (χ1) is 16.8. The average Bonchev–Trinajstić information content (AvgIpc) is 2.89. The summed E-state index contributed by atoms with van der Waals surface area (Å²) in [6, 6.07) is 17.7. The monoisotopic (exact) mass is 484 g/mol. The molecule has 4 N–H and O–H groups in total. The standard InChI is InChI=1S/C26H36N4O5/c1-5-27-22(16-20-12-8-6-9-13-20)24(32)30-19(2)23(31)29-18-26(34-3,35-4)25(33)28-17-21-14-10-7-11-15-21/h6-15,19,22,27H,5,16-18H2,1-4H3,(H,28,33)(H,29,31)(H,30,32). The summed E-state index contributed by atoms with van der Waals surface area (Å²) in [4.78, 5) is 38.3. The van der Waals surface area contributed by atoms with Crippen LogP contribution in [0, 0.1) is 0 Å². The summed E-state index contributed by atoms with van der Waals surface area (Å²) in [5, 5.41) is 11.3. The highest BCUT2D eigenvalue weighted by Crippen LogP contribution is 2.12. The van der Waals surface area contributed by atoms with E-state index in [9.17, 15) is 14.4 Å². The van der Waals surface area contributed by atoms with Gasteiger partial charge in [-0.3, -0.25) is 14.4 Å². The van der Waals surface area contributed by atoms with Crippen molar-refractivity contribution in [1.82, 2.24) is 21.3 Å². The second-order valence-electron chi connectivity index (χ2n) is 8.08. The molecule has 0 aromatic heterocycles. The molecule has 0 saturated heterocycles. The number of carbonyl (C=O) groups excluding carboxylic acids is 3. The molecule has 9 heteroatoms. The Morgan fingerprint density at radius 1 is 0.857 bits per heavy atom. The zero-order valence-electron chi connectivity index (χ0n) is 20.8. The molecule has 2 atom stereocenters. The molecule has 0 fully saturated rings. The minimum atomic E-state index is -1.71. The van der Waals surface area contributed by atoms with Gasteiger partial charge in [0.1, 0.15) is 6.04 Å². The number of benzene rings is 2. The number of amides is 3. The second kappa shape index (κ2) is 14.2. The van der Waals surface area contributed by atoms with Crippen molar-refractivity contribution in [2.75, 3.05) is 27.3 Å². The quantitative estimate of drug-likeness (QED) is 0.299. The molecule has 2 aromatic rings. The van der Waals surface area contributed by atoms with E-state index in [1.54, 1.807) is 6.92 Å². The molecule has 190 valence electrons. The predicted octanol–water partition coefficient (Wildman–Crippen LogP) is 1.13. The summed E-state index contributed by atoms with van der Waals surface area (Å²) < 4.78 is 10.7. The smallest absolute Gasteiger partial charge is 0.282 e. The van der Waals surface area contributed by atoms with Crippen molar-refractivity contribution in [2.24, 2.45) is 0 Å². The molecule has 35 heavy (non-hydrogen) atoms. The first-order valence-electron chi connectivity index (χ1n) is 11.6. The van der Waals surface area contributed by atoms with Crippen molar-refractivity contribution in [3.63, 3.8) is 0 Å². The fourth-order valence-corrected chi connectivity index (χ4v) is 3.50. The van der Waals surface area contributed by atoms with Crippen LogP contribution < -0.4 is 21.3 Å². The normalized spacial score (nSPS) is 12.9. The van der Waals surface area contributed by atoms with Gasteiger partial charge in [0, 0.05) is 20.8 Å². The third-order valence-corrected chi connectivity index (χ3v) is 5.60. The van der Waals surface area contributed by atoms with Crippen LogP contribution >= 0.6 is 0 Å². The highest BCUT2D eigenvalue weighted by molar-refractivity contribution is 5.90. The van der Waals surface area contributed by atoms with Gasteiger partial charge in [-0.25, -0.2) is 0 Å². The Morgan fingerprint density at radius 2 is 1.43 bits per heavy atom. The lowest BCUT2D eigenvalue weighted by Crippen LogP contribution is -2.59. The summed E-state index contributed by atoms with van der Waals surface area (Å²) in [6.07, 6.45) is 0.493. The van der Waals surface area contributed by atoms with Crippen LogP contribution in [0.2, 0.25) is 0 Å². The van der Waals surface area contributed by atoms with Crippen molar-refractivity contribution < 1.29 is 23.9 Å². The minimum absolute atomic E-state index is 0.236. The Morgan fingerprint density at radius 3 is 1.97 bits per heavy atom. The number of hydrogen-bond donors (Lipinski definition) is 4. The van der Waals surface area contributed by atoms with Crippen molar-refractivity contribution in [3.8, 4) is 0 Å². The van der Waals surface area contributed by atoms with Gasteiger partial charge in [-0.1, -0.05) is 67.6 Å². The van der Waals surface area contributed by atoms with Gasteiger partial charge < -0.3 is 30.7 Å². The van der Waals surface area contributed by atoms with Crippen LogP contribution in [0.25, 0.3) is 0 Å². The molecule has 0 saturated carbocycles. The highest BCUT2D eigenvalue weighted by Gasteiger charge is 2.39. The lowest BCUT2D eigenvalue weighted by Gasteiger charge is -2.30. The van der Waals surface area contributed by atoms with Gasteiger partial charge in [-0.05, 0) is 31.0 Å². The number of nitrogens with one attached hydrogen (secondary N) is 4. The molecule has 0 aliphatic rings. The summed E-state index contributed by atoms with van der Waals surface area (Å²) in [6.45, 7) is 4.14. The lowest BCUT2D eigenvalue weighted by atomic mass is 10.0. The van der Waals surface area contributed by atoms with Gasteiger partial charge in [0.25, 0.3) is 11.7 Å². The van der Waals surface area contributed by atoms with Gasteiger partial charge >= 0.3 is 0 Å². The third-order valence-electron chi connectivity index (χ3n) is 5.60. The first-order valence-corrected chi connectivity index (χ1v) is 11.6. The lowest BCUT2D eigenvalue weighted by molar-refractivity contribution is -0.207. The van der Waals surface area contributed by atoms with E-state index in [0.717, 1.165) is 11.1 Å². The molecule has 3 amide bonds. The number of hydrogen-bond acceptors (Lipinski definition) is 6. The van der Waals surface area contributed by atoms with Crippen LogP contribution in [0.3, 0.4) is 0 Å². The van der Waals surface area contributed by atoms with E-state index >= 15 is 0 Å². The van der Waals surface area contributed by atoms with Crippen LogP contribution in [-0.2, 0) is 36.8 Å². The Labute approximate surface area is 207 Å². The van der Waals surface area contributed by atoms with Crippen LogP contribution in [-0.4, -0.2) is 62.9 Å². The van der Waals surface area contributed by atoms with E-state index in [-0.39, 0.29) is 19.0 Å². The maximum Gasteiger partial charge on any atom is 0.282 e. The van der Waals surface area contributed by atoms with Crippen LogP contribution in [0.1, 0.15) is 25.0 Å². The molecule has 9 nitrogen and oxygen atoms in total. The van der Waals surface area contributed by atoms with Gasteiger partial charge in [0.15, 0.2) is 0 Å². The van der Waals surface area contributed by atoms with Crippen molar-refractivity contribution in [1.29, 1.82) is 0 Å². The Hall–Kier alpha value is -3.27. The van der Waals surface area contributed by atoms with Crippen molar-refractivity contribution >= 4 is 17.7 Å². The number of rotatable bonds is 14. The number of likely N-dealkylation sites (N-methyl/N-ethyl adjacent to an activating group) is 1. The maximum absolute atomic E-state index is 12.8. The van der Waals surface area contributed by atoms with Crippen LogP contribution in [0.5, 0.6) is 0 Å². The number of ether oxygens (including phenoxy) is 2. The maximum atomic E-state index is 12.8. The molecule has 2 rings (SSSR count). The third kappa shape index (κ3) is 8.47. The number of methoxy groups -OCH3 is 2. The van der Waals surface area contributed by atoms with E-state index in [1.165, 1.54) is 14.2 Å². The molecule has 2 aromatic carbocycles. The summed E-state index contributed by atoms with van der Waals surface area (Å²) in [5.41, 5.74) is 1.92. The van der Waals surface area contributed by atoms with E-state index < -0.39 is 29.7 Å². The van der Waals surface area contributed by atoms with Gasteiger partial charge in [0.05, 0.1) is 12.6 Å². The molecule has 0 aliphatic heterocycles. The Kier molecular flexibility index (Phi) is 11.4. The minimum Gasteiger partial charge on any atom is -0.348 e. The van der Waals surface area contributed by atoms with Crippen molar-refractivity contribution in [3.05, 3.63) is 71.8 Å².